The SMILES string of the molecule is CCNC(Cc1nnn(C)n1)c1cnc(C)s1. The number of rotatable bonds is 5. The Morgan fingerprint density at radius 1 is 1.53 bits per heavy atom. The van der Waals surface area contributed by atoms with E-state index in [1.54, 1.807) is 18.4 Å². The monoisotopic (exact) mass is 252 g/mol. The minimum Gasteiger partial charge on any atom is -0.309 e. The highest BCUT2D eigenvalue weighted by Gasteiger charge is 2.16. The third kappa shape index (κ3) is 3.07. The van der Waals surface area contributed by atoms with E-state index in [2.05, 4.69) is 32.6 Å². The summed E-state index contributed by atoms with van der Waals surface area (Å²) in [6.45, 7) is 5.00. The fourth-order valence-electron chi connectivity index (χ4n) is 1.65. The van der Waals surface area contributed by atoms with Crippen molar-refractivity contribution in [3.63, 3.8) is 0 Å². The average Bonchev–Trinajstić information content (AvgIpc) is 2.87. The Kier molecular flexibility index (Phi) is 3.80. The van der Waals surface area contributed by atoms with E-state index in [0.717, 1.165) is 23.8 Å². The van der Waals surface area contributed by atoms with Gasteiger partial charge in [0.15, 0.2) is 5.82 Å². The van der Waals surface area contributed by atoms with E-state index in [9.17, 15) is 0 Å². The van der Waals surface area contributed by atoms with E-state index in [1.165, 1.54) is 9.67 Å². The van der Waals surface area contributed by atoms with Crippen LogP contribution in [-0.4, -0.2) is 31.7 Å². The zero-order chi connectivity index (χ0) is 12.3. The van der Waals surface area contributed by atoms with E-state index in [0.29, 0.717) is 0 Å². The molecule has 7 heteroatoms. The van der Waals surface area contributed by atoms with Gasteiger partial charge < -0.3 is 5.32 Å². The molecule has 0 aliphatic heterocycles. The third-order valence-electron chi connectivity index (χ3n) is 2.37. The van der Waals surface area contributed by atoms with Gasteiger partial charge in [0.2, 0.25) is 0 Å². The molecule has 0 saturated heterocycles. The van der Waals surface area contributed by atoms with Crippen LogP contribution in [0, 0.1) is 6.92 Å². The number of tetrazole rings is 1. The molecule has 0 amide bonds. The fourth-order valence-corrected chi connectivity index (χ4v) is 2.51. The maximum absolute atomic E-state index is 4.28. The van der Waals surface area contributed by atoms with Crippen LogP contribution in [0.1, 0.15) is 28.7 Å². The van der Waals surface area contributed by atoms with E-state index in [1.807, 2.05) is 13.1 Å². The second kappa shape index (κ2) is 5.33. The number of aromatic nitrogens is 5. The molecule has 0 aliphatic rings. The van der Waals surface area contributed by atoms with E-state index < -0.39 is 0 Å². The molecule has 2 aromatic rings. The molecule has 2 aromatic heterocycles. The van der Waals surface area contributed by atoms with Gasteiger partial charge in [0.05, 0.1) is 18.1 Å². The molecule has 0 radical (unpaired) electrons. The van der Waals surface area contributed by atoms with Crippen molar-refractivity contribution >= 4 is 11.3 Å². The molecule has 2 rings (SSSR count). The lowest BCUT2D eigenvalue weighted by Crippen LogP contribution is -2.22. The molecule has 6 nitrogen and oxygen atoms in total. The lowest BCUT2D eigenvalue weighted by Gasteiger charge is -2.13. The van der Waals surface area contributed by atoms with Crippen molar-refractivity contribution in [2.24, 2.45) is 7.05 Å². The van der Waals surface area contributed by atoms with Crippen LogP contribution in [0.3, 0.4) is 0 Å². The number of aryl methyl sites for hydroxylation is 2. The molecule has 2 heterocycles. The molecule has 1 N–H and O–H groups in total. The van der Waals surface area contributed by atoms with Gasteiger partial charge >= 0.3 is 0 Å². The maximum atomic E-state index is 4.28. The van der Waals surface area contributed by atoms with Gasteiger partial charge in [0, 0.05) is 17.5 Å². The minimum atomic E-state index is 0.218. The topological polar surface area (TPSA) is 68.5 Å². The number of hydrogen-bond acceptors (Lipinski definition) is 6. The summed E-state index contributed by atoms with van der Waals surface area (Å²) in [5.74, 6) is 0.754. The normalized spacial score (nSPS) is 12.9. The second-order valence-electron chi connectivity index (χ2n) is 3.79. The first kappa shape index (κ1) is 12.1. The Hall–Kier alpha value is -1.34. The van der Waals surface area contributed by atoms with Crippen LogP contribution in [0.5, 0.6) is 0 Å². The maximum Gasteiger partial charge on any atom is 0.176 e. The predicted octanol–water partition coefficient (Wildman–Crippen LogP) is 0.868. The Balaban J connectivity index is 2.12. The summed E-state index contributed by atoms with van der Waals surface area (Å²) in [4.78, 5) is 6.99. The van der Waals surface area contributed by atoms with Crippen LogP contribution in [0.4, 0.5) is 0 Å². The zero-order valence-corrected chi connectivity index (χ0v) is 11.0. The quantitative estimate of drug-likeness (QED) is 0.855. The van der Waals surface area contributed by atoms with Gasteiger partial charge in [-0.15, -0.1) is 21.5 Å². The zero-order valence-electron chi connectivity index (χ0n) is 10.2. The molecule has 0 fully saturated rings. The Morgan fingerprint density at radius 3 is 2.88 bits per heavy atom. The molecule has 0 saturated carbocycles. The van der Waals surface area contributed by atoms with E-state index in [4.69, 9.17) is 0 Å². The highest BCUT2D eigenvalue weighted by molar-refractivity contribution is 7.11. The number of nitrogens with one attached hydrogen (secondary N) is 1. The van der Waals surface area contributed by atoms with Gasteiger partial charge in [-0.1, -0.05) is 6.92 Å². The number of likely N-dealkylation sites (N-methyl/N-ethyl adjacent to an activating group) is 1. The molecular formula is C10H16N6S. The standard InChI is InChI=1S/C10H16N6S/c1-4-11-8(9-6-12-7(2)17-9)5-10-13-15-16(3)14-10/h6,8,11H,4-5H2,1-3H3. The first-order chi connectivity index (χ1) is 8.19. The van der Waals surface area contributed by atoms with Gasteiger partial charge in [0.1, 0.15) is 0 Å². The van der Waals surface area contributed by atoms with Crippen molar-refractivity contribution in [1.29, 1.82) is 0 Å². The van der Waals surface area contributed by atoms with Gasteiger partial charge in [0.25, 0.3) is 0 Å². The Labute approximate surface area is 104 Å². The summed E-state index contributed by atoms with van der Waals surface area (Å²) in [6, 6.07) is 0.218. The first-order valence-electron chi connectivity index (χ1n) is 5.57. The largest absolute Gasteiger partial charge is 0.309 e. The summed E-state index contributed by atoms with van der Waals surface area (Å²) in [6.07, 6.45) is 2.66. The van der Waals surface area contributed by atoms with Gasteiger partial charge in [-0.2, -0.15) is 4.80 Å². The van der Waals surface area contributed by atoms with Crippen molar-refractivity contribution in [2.75, 3.05) is 6.54 Å². The van der Waals surface area contributed by atoms with Crippen LogP contribution >= 0.6 is 11.3 Å². The predicted molar refractivity (Wildman–Crippen MR) is 65.8 cm³/mol. The summed E-state index contributed by atoms with van der Waals surface area (Å²) in [5, 5.41) is 16.6. The highest BCUT2D eigenvalue weighted by atomic mass is 32.1. The van der Waals surface area contributed by atoms with Crippen molar-refractivity contribution in [1.82, 2.24) is 30.5 Å². The van der Waals surface area contributed by atoms with Gasteiger partial charge in [-0.25, -0.2) is 4.98 Å². The van der Waals surface area contributed by atoms with Gasteiger partial charge in [-0.05, 0) is 18.7 Å². The summed E-state index contributed by atoms with van der Waals surface area (Å²) < 4.78 is 0. The Bertz CT molecular complexity index is 477. The van der Waals surface area contributed by atoms with Crippen LogP contribution < -0.4 is 5.32 Å². The molecule has 0 aliphatic carbocycles. The van der Waals surface area contributed by atoms with Crippen LogP contribution in [0.2, 0.25) is 0 Å². The second-order valence-corrected chi connectivity index (χ2v) is 5.06. The molecule has 0 bridgehead atoms. The van der Waals surface area contributed by atoms with Crippen LogP contribution in [0.25, 0.3) is 0 Å². The molecule has 0 aromatic carbocycles. The van der Waals surface area contributed by atoms with Crippen LogP contribution in [-0.2, 0) is 13.5 Å². The van der Waals surface area contributed by atoms with E-state index >= 15 is 0 Å². The molecule has 92 valence electrons. The van der Waals surface area contributed by atoms with Crippen LogP contribution in [0.15, 0.2) is 6.20 Å². The first-order valence-corrected chi connectivity index (χ1v) is 6.39. The van der Waals surface area contributed by atoms with E-state index in [-0.39, 0.29) is 6.04 Å². The molecular weight excluding hydrogens is 236 g/mol. The number of thiazole rings is 1. The van der Waals surface area contributed by atoms with Crippen molar-refractivity contribution in [3.8, 4) is 0 Å². The Morgan fingerprint density at radius 2 is 2.35 bits per heavy atom. The average molecular weight is 252 g/mol. The third-order valence-corrected chi connectivity index (χ3v) is 3.40. The van der Waals surface area contributed by atoms with Crippen molar-refractivity contribution < 1.29 is 0 Å². The summed E-state index contributed by atoms with van der Waals surface area (Å²) in [7, 11) is 1.77. The molecule has 1 unspecified atom stereocenters. The summed E-state index contributed by atoms with van der Waals surface area (Å²) >= 11 is 1.71. The summed E-state index contributed by atoms with van der Waals surface area (Å²) in [5.41, 5.74) is 0. The number of hydrogen-bond donors (Lipinski definition) is 1. The highest BCUT2D eigenvalue weighted by Crippen LogP contribution is 2.22. The minimum absolute atomic E-state index is 0.218. The van der Waals surface area contributed by atoms with Gasteiger partial charge in [-0.3, -0.25) is 0 Å². The molecule has 1 atom stereocenters. The molecule has 17 heavy (non-hydrogen) atoms. The lowest BCUT2D eigenvalue weighted by atomic mass is 10.2. The lowest BCUT2D eigenvalue weighted by molar-refractivity contribution is 0.541. The number of nitrogens with zero attached hydrogens (tertiary/aromatic N) is 5. The van der Waals surface area contributed by atoms with Crippen molar-refractivity contribution in [3.05, 3.63) is 21.9 Å². The van der Waals surface area contributed by atoms with Crippen molar-refractivity contribution in [2.45, 2.75) is 26.3 Å². The fraction of sp³-hybridized carbons (Fsp3) is 0.600. The smallest absolute Gasteiger partial charge is 0.176 e. The molecule has 0 spiro atoms.